The van der Waals surface area contributed by atoms with Gasteiger partial charge in [-0.15, -0.1) is 0 Å². The molecule has 0 bridgehead atoms. The largest absolute Gasteiger partial charge is 0.390 e. The number of aliphatic hydroxyl groups is 1. The predicted molar refractivity (Wildman–Crippen MR) is 89.1 cm³/mol. The number of nitrogens with one attached hydrogen (secondary N) is 1. The van der Waals surface area contributed by atoms with E-state index in [4.69, 9.17) is 0 Å². The lowest BCUT2D eigenvalue weighted by Crippen LogP contribution is -2.43. The number of carbonyl (C=O) groups is 2. The number of nitrogens with zero attached hydrogens (tertiary/aromatic N) is 3. The zero-order valence-corrected chi connectivity index (χ0v) is 13.8. The van der Waals surface area contributed by atoms with Crippen molar-refractivity contribution >= 4 is 17.5 Å². The first-order valence-electron chi connectivity index (χ1n) is 8.31. The zero-order chi connectivity index (χ0) is 17.8. The van der Waals surface area contributed by atoms with Crippen molar-refractivity contribution in [3.05, 3.63) is 35.6 Å². The maximum absolute atomic E-state index is 13.0. The van der Waals surface area contributed by atoms with E-state index < -0.39 is 6.10 Å². The van der Waals surface area contributed by atoms with Gasteiger partial charge >= 0.3 is 0 Å². The molecule has 7 nitrogen and oxygen atoms in total. The van der Waals surface area contributed by atoms with Crippen LogP contribution in [0.2, 0.25) is 0 Å². The van der Waals surface area contributed by atoms with Crippen LogP contribution in [0.3, 0.4) is 0 Å². The molecule has 1 aromatic rings. The summed E-state index contributed by atoms with van der Waals surface area (Å²) in [5.41, 5.74) is 3.59. The van der Waals surface area contributed by atoms with Crippen LogP contribution in [0.25, 0.3) is 0 Å². The van der Waals surface area contributed by atoms with Gasteiger partial charge in [-0.3, -0.25) is 14.5 Å². The van der Waals surface area contributed by atoms with Gasteiger partial charge in [0.1, 0.15) is 11.5 Å². The van der Waals surface area contributed by atoms with Crippen molar-refractivity contribution in [1.29, 1.82) is 0 Å². The second-order valence-corrected chi connectivity index (χ2v) is 6.36. The fraction of sp³-hybridized carbons (Fsp3) is 0.471. The first-order chi connectivity index (χ1) is 12.0. The molecule has 2 heterocycles. The van der Waals surface area contributed by atoms with Crippen LogP contribution < -0.4 is 5.43 Å². The molecule has 0 spiro atoms. The predicted octanol–water partition coefficient (Wildman–Crippen LogP) is 0.0968. The third-order valence-electron chi connectivity index (χ3n) is 4.34. The highest BCUT2D eigenvalue weighted by atomic mass is 19.1. The summed E-state index contributed by atoms with van der Waals surface area (Å²) >= 11 is 0. The molecule has 1 saturated heterocycles. The molecule has 1 aromatic carbocycles. The van der Waals surface area contributed by atoms with Crippen molar-refractivity contribution in [2.24, 2.45) is 5.10 Å². The van der Waals surface area contributed by atoms with Crippen molar-refractivity contribution in [2.75, 3.05) is 26.2 Å². The molecule has 0 unspecified atom stereocenters. The molecule has 1 fully saturated rings. The molecule has 25 heavy (non-hydrogen) atoms. The van der Waals surface area contributed by atoms with Crippen LogP contribution in [0.1, 0.15) is 18.4 Å². The van der Waals surface area contributed by atoms with Gasteiger partial charge in [-0.05, 0) is 17.7 Å². The van der Waals surface area contributed by atoms with Crippen LogP contribution in [-0.2, 0) is 16.1 Å². The number of hydrogen-bond acceptors (Lipinski definition) is 5. The lowest BCUT2D eigenvalue weighted by Gasteiger charge is -2.23. The molecule has 8 heteroatoms. The second kappa shape index (κ2) is 7.71. The molecule has 134 valence electrons. The summed E-state index contributed by atoms with van der Waals surface area (Å²) in [6.45, 7) is 2.30. The standard InChI is InChI=1S/C17H21FN4O3/c18-13-3-1-12(2-4-13)9-21-7-8-22(11-14(23)10-21)17(25)15-5-6-16(24)20-19-15/h1-4,14,23H,5-11H2,(H,20,24)/t14-/m1/s1. The fourth-order valence-electron chi connectivity index (χ4n) is 3.04. The highest BCUT2D eigenvalue weighted by Gasteiger charge is 2.28. The second-order valence-electron chi connectivity index (χ2n) is 6.36. The number of rotatable bonds is 3. The van der Waals surface area contributed by atoms with Crippen molar-refractivity contribution in [1.82, 2.24) is 15.2 Å². The lowest BCUT2D eigenvalue weighted by molar-refractivity contribution is -0.125. The van der Waals surface area contributed by atoms with E-state index in [1.54, 1.807) is 17.0 Å². The number of benzene rings is 1. The van der Waals surface area contributed by atoms with E-state index in [1.165, 1.54) is 12.1 Å². The number of hydrazone groups is 1. The molecule has 0 radical (unpaired) electrons. The number of hydrogen-bond donors (Lipinski definition) is 2. The first kappa shape index (κ1) is 17.5. The summed E-state index contributed by atoms with van der Waals surface area (Å²) < 4.78 is 13.0. The number of amides is 2. The van der Waals surface area contributed by atoms with Gasteiger partial charge < -0.3 is 10.0 Å². The Balaban J connectivity index is 1.61. The summed E-state index contributed by atoms with van der Waals surface area (Å²) in [5, 5.41) is 14.1. The molecule has 0 aromatic heterocycles. The van der Waals surface area contributed by atoms with E-state index in [0.29, 0.717) is 38.3 Å². The summed E-state index contributed by atoms with van der Waals surface area (Å²) in [7, 11) is 0. The molecular weight excluding hydrogens is 327 g/mol. The summed E-state index contributed by atoms with van der Waals surface area (Å²) in [6.07, 6.45) is -0.112. The molecule has 2 aliphatic rings. The SMILES string of the molecule is O=C1CCC(C(=O)N2CCN(Cc3ccc(F)cc3)C[C@@H](O)C2)=NN1. The van der Waals surface area contributed by atoms with E-state index >= 15 is 0 Å². The molecule has 0 saturated carbocycles. The Bertz CT molecular complexity index is 677. The monoisotopic (exact) mass is 348 g/mol. The minimum Gasteiger partial charge on any atom is -0.390 e. The van der Waals surface area contributed by atoms with Crippen molar-refractivity contribution < 1.29 is 19.1 Å². The van der Waals surface area contributed by atoms with Crippen LogP contribution >= 0.6 is 0 Å². The van der Waals surface area contributed by atoms with Gasteiger partial charge in [0.05, 0.1) is 6.10 Å². The van der Waals surface area contributed by atoms with E-state index in [0.717, 1.165) is 5.56 Å². The van der Waals surface area contributed by atoms with Crippen LogP contribution in [0.5, 0.6) is 0 Å². The molecule has 3 rings (SSSR count). The van der Waals surface area contributed by atoms with Gasteiger partial charge in [0, 0.05) is 45.6 Å². The Morgan fingerprint density at radius 3 is 2.68 bits per heavy atom. The molecule has 2 amide bonds. The Morgan fingerprint density at radius 1 is 1.24 bits per heavy atom. The molecule has 2 aliphatic heterocycles. The highest BCUT2D eigenvalue weighted by molar-refractivity contribution is 6.39. The molecule has 2 N–H and O–H groups in total. The fourth-order valence-corrected chi connectivity index (χ4v) is 3.04. The van der Waals surface area contributed by atoms with Gasteiger partial charge in [0.15, 0.2) is 0 Å². The first-order valence-corrected chi connectivity index (χ1v) is 8.31. The summed E-state index contributed by atoms with van der Waals surface area (Å²) in [6, 6.07) is 6.26. The van der Waals surface area contributed by atoms with Crippen molar-refractivity contribution in [2.45, 2.75) is 25.5 Å². The van der Waals surface area contributed by atoms with Crippen LogP contribution in [0, 0.1) is 5.82 Å². The van der Waals surface area contributed by atoms with Gasteiger partial charge in [0.25, 0.3) is 5.91 Å². The van der Waals surface area contributed by atoms with Gasteiger partial charge in [0.2, 0.25) is 5.91 Å². The average Bonchev–Trinajstić information content (AvgIpc) is 2.78. The summed E-state index contributed by atoms with van der Waals surface area (Å²) in [5.74, 6) is -0.725. The molecular formula is C17H21FN4O3. The molecule has 0 aliphatic carbocycles. The number of β-amino-alcohol motifs (C(OH)–C–C–N with tert-alkyl or cyclic N) is 1. The minimum atomic E-state index is -0.675. The summed E-state index contributed by atoms with van der Waals surface area (Å²) in [4.78, 5) is 27.3. The molecule has 1 atom stereocenters. The van der Waals surface area contributed by atoms with Crippen LogP contribution in [0.15, 0.2) is 29.4 Å². The lowest BCUT2D eigenvalue weighted by atomic mass is 10.1. The van der Waals surface area contributed by atoms with Crippen molar-refractivity contribution in [3.63, 3.8) is 0 Å². The topological polar surface area (TPSA) is 85.2 Å². The number of halogens is 1. The number of carbonyl (C=O) groups excluding carboxylic acids is 2. The number of aliphatic hydroxyl groups excluding tert-OH is 1. The van der Waals surface area contributed by atoms with Gasteiger partial charge in [-0.25, -0.2) is 9.82 Å². The Hall–Kier alpha value is -2.32. The van der Waals surface area contributed by atoms with E-state index in [2.05, 4.69) is 10.5 Å². The Kier molecular flexibility index (Phi) is 5.40. The smallest absolute Gasteiger partial charge is 0.270 e. The normalized spacial score (nSPS) is 22.2. The van der Waals surface area contributed by atoms with Crippen LogP contribution in [-0.4, -0.2) is 64.7 Å². The van der Waals surface area contributed by atoms with E-state index in [-0.39, 0.29) is 30.6 Å². The van der Waals surface area contributed by atoms with Crippen molar-refractivity contribution in [3.8, 4) is 0 Å². The maximum Gasteiger partial charge on any atom is 0.270 e. The van der Waals surface area contributed by atoms with Gasteiger partial charge in [-0.2, -0.15) is 5.10 Å². The van der Waals surface area contributed by atoms with E-state index in [1.807, 2.05) is 4.90 Å². The third kappa shape index (κ3) is 4.61. The maximum atomic E-state index is 13.0. The average molecular weight is 348 g/mol. The minimum absolute atomic E-state index is 0.196. The van der Waals surface area contributed by atoms with E-state index in [9.17, 15) is 19.1 Å². The Labute approximate surface area is 145 Å². The Morgan fingerprint density at radius 2 is 2.00 bits per heavy atom. The third-order valence-corrected chi connectivity index (χ3v) is 4.34. The highest BCUT2D eigenvalue weighted by Crippen LogP contribution is 2.12. The van der Waals surface area contributed by atoms with Gasteiger partial charge in [-0.1, -0.05) is 12.1 Å². The zero-order valence-electron chi connectivity index (χ0n) is 13.8. The van der Waals surface area contributed by atoms with Crippen LogP contribution in [0.4, 0.5) is 4.39 Å². The quantitative estimate of drug-likeness (QED) is 0.811.